The van der Waals surface area contributed by atoms with Crippen LogP contribution in [0.5, 0.6) is 5.75 Å². The molecule has 0 saturated carbocycles. The van der Waals surface area contributed by atoms with Crippen molar-refractivity contribution in [2.75, 3.05) is 34.3 Å². The fourth-order valence-corrected chi connectivity index (χ4v) is 4.55. The van der Waals surface area contributed by atoms with Crippen LogP contribution in [0, 0.1) is 0 Å². The van der Waals surface area contributed by atoms with E-state index in [-0.39, 0.29) is 5.91 Å². The molecule has 0 aliphatic heterocycles. The minimum Gasteiger partial charge on any atom is -0.496 e. The Morgan fingerprint density at radius 3 is 2.33 bits per heavy atom. The summed E-state index contributed by atoms with van der Waals surface area (Å²) < 4.78 is 7.25. The third-order valence-electron chi connectivity index (χ3n) is 6.49. The highest BCUT2D eigenvalue weighted by atomic mass is 35.5. The molecule has 0 fully saturated rings. The number of benzene rings is 3. The monoisotopic (exact) mass is 539 g/mol. The molecule has 0 bridgehead atoms. The van der Waals surface area contributed by atoms with Crippen LogP contribution >= 0.6 is 11.6 Å². The van der Waals surface area contributed by atoms with Crippen LogP contribution in [0.15, 0.2) is 91.0 Å². The molecular formula is C31H30ClN5O2. The Bertz CT molecular complexity index is 1580. The van der Waals surface area contributed by atoms with Crippen molar-refractivity contribution >= 4 is 23.2 Å². The number of ether oxygens (including phenoxy) is 1. The van der Waals surface area contributed by atoms with Gasteiger partial charge in [0.05, 0.1) is 18.5 Å². The van der Waals surface area contributed by atoms with E-state index < -0.39 is 0 Å². The number of rotatable bonds is 9. The summed E-state index contributed by atoms with van der Waals surface area (Å²) in [4.78, 5) is 23.1. The maximum absolute atomic E-state index is 14.3. The molecule has 5 rings (SSSR count). The first-order valence-corrected chi connectivity index (χ1v) is 13.1. The molecule has 8 heteroatoms. The smallest absolute Gasteiger partial charge is 0.273 e. The maximum atomic E-state index is 14.3. The van der Waals surface area contributed by atoms with E-state index in [4.69, 9.17) is 26.4 Å². The highest BCUT2D eigenvalue weighted by molar-refractivity contribution is 6.30. The number of hydrogen-bond acceptors (Lipinski definition) is 5. The van der Waals surface area contributed by atoms with Gasteiger partial charge in [-0.25, -0.2) is 9.50 Å². The van der Waals surface area contributed by atoms with E-state index in [1.54, 1.807) is 17.7 Å². The molecule has 1 amide bonds. The molecule has 0 atom stereocenters. The Labute approximate surface area is 233 Å². The summed E-state index contributed by atoms with van der Waals surface area (Å²) in [6.07, 6.45) is 0. The second kappa shape index (κ2) is 11.7. The van der Waals surface area contributed by atoms with Gasteiger partial charge in [0.25, 0.3) is 5.91 Å². The third-order valence-corrected chi connectivity index (χ3v) is 6.74. The standard InChI is InChI=1S/C31H30ClN5O2/c1-35(2)17-18-36(21-22-9-5-4-6-10-22)31(38)28-19-27(25-11-7-8-12-29(25)39-3)33-30-20-26(34-37(28)30)23-13-15-24(32)16-14-23/h4-16,19-20H,17-18,21H2,1-3H3. The molecular weight excluding hydrogens is 510 g/mol. The summed E-state index contributed by atoms with van der Waals surface area (Å²) in [7, 11) is 5.63. The number of likely N-dealkylation sites (N-methyl/N-ethyl adjacent to an activating group) is 1. The van der Waals surface area contributed by atoms with Crippen LogP contribution in [0.4, 0.5) is 0 Å². The molecule has 0 unspecified atom stereocenters. The van der Waals surface area contributed by atoms with Crippen LogP contribution in [0.1, 0.15) is 16.1 Å². The zero-order valence-corrected chi connectivity index (χ0v) is 23.0. The largest absolute Gasteiger partial charge is 0.496 e. The van der Waals surface area contributed by atoms with Gasteiger partial charge in [0.2, 0.25) is 0 Å². The fourth-order valence-electron chi connectivity index (χ4n) is 4.42. The second-order valence-electron chi connectivity index (χ2n) is 9.55. The van der Waals surface area contributed by atoms with Crippen LogP contribution < -0.4 is 4.74 Å². The van der Waals surface area contributed by atoms with Gasteiger partial charge in [0, 0.05) is 41.9 Å². The topological polar surface area (TPSA) is 63.0 Å². The van der Waals surface area contributed by atoms with E-state index in [0.717, 1.165) is 23.2 Å². The molecule has 0 saturated heterocycles. The summed E-state index contributed by atoms with van der Waals surface area (Å²) in [6.45, 7) is 1.76. The molecule has 0 aliphatic rings. The number of amides is 1. The zero-order valence-electron chi connectivity index (χ0n) is 22.2. The lowest BCUT2D eigenvalue weighted by Gasteiger charge is -2.25. The molecule has 39 heavy (non-hydrogen) atoms. The fraction of sp³-hybridized carbons (Fsp3) is 0.194. The summed E-state index contributed by atoms with van der Waals surface area (Å²) in [6, 6.07) is 28.8. The van der Waals surface area contributed by atoms with E-state index >= 15 is 0 Å². The average Bonchev–Trinajstić information content (AvgIpc) is 3.39. The molecule has 2 aromatic heterocycles. The lowest BCUT2D eigenvalue weighted by atomic mass is 10.1. The van der Waals surface area contributed by atoms with Crippen molar-refractivity contribution in [3.8, 4) is 28.3 Å². The first kappa shape index (κ1) is 26.4. The van der Waals surface area contributed by atoms with E-state index in [1.165, 1.54) is 0 Å². The van der Waals surface area contributed by atoms with Crippen molar-refractivity contribution in [2.45, 2.75) is 6.54 Å². The predicted octanol–water partition coefficient (Wildman–Crippen LogP) is 5.93. The first-order chi connectivity index (χ1) is 18.9. The molecule has 0 radical (unpaired) electrons. The number of aromatic nitrogens is 3. The van der Waals surface area contributed by atoms with Crippen LogP contribution in [0.25, 0.3) is 28.2 Å². The Morgan fingerprint density at radius 1 is 0.897 bits per heavy atom. The van der Waals surface area contributed by atoms with Gasteiger partial charge < -0.3 is 14.5 Å². The van der Waals surface area contributed by atoms with Gasteiger partial charge in [-0.3, -0.25) is 4.79 Å². The Morgan fingerprint density at radius 2 is 1.62 bits per heavy atom. The molecule has 5 aromatic rings. The number of halogens is 1. The molecule has 3 aromatic carbocycles. The normalized spacial score (nSPS) is 11.2. The highest BCUT2D eigenvalue weighted by Crippen LogP contribution is 2.31. The lowest BCUT2D eigenvalue weighted by Crippen LogP contribution is -2.37. The van der Waals surface area contributed by atoms with Gasteiger partial charge in [-0.15, -0.1) is 0 Å². The van der Waals surface area contributed by atoms with Crippen LogP contribution in [0.2, 0.25) is 5.02 Å². The van der Waals surface area contributed by atoms with Gasteiger partial charge >= 0.3 is 0 Å². The molecule has 7 nitrogen and oxygen atoms in total. The summed E-state index contributed by atoms with van der Waals surface area (Å²) in [5.41, 5.74) is 5.08. The summed E-state index contributed by atoms with van der Waals surface area (Å²) in [5, 5.41) is 5.46. The zero-order chi connectivity index (χ0) is 27.4. The van der Waals surface area contributed by atoms with Crippen molar-refractivity contribution in [3.63, 3.8) is 0 Å². The predicted molar refractivity (Wildman–Crippen MR) is 155 cm³/mol. The molecule has 0 aliphatic carbocycles. The van der Waals surface area contributed by atoms with Crippen LogP contribution in [-0.4, -0.2) is 64.6 Å². The van der Waals surface area contributed by atoms with Gasteiger partial charge in [-0.2, -0.15) is 5.10 Å². The van der Waals surface area contributed by atoms with E-state index in [9.17, 15) is 4.79 Å². The minimum atomic E-state index is -0.130. The summed E-state index contributed by atoms with van der Waals surface area (Å²) >= 11 is 6.11. The number of nitrogens with zero attached hydrogens (tertiary/aromatic N) is 5. The number of fused-ring (bicyclic) bond motifs is 1. The van der Waals surface area contributed by atoms with E-state index in [2.05, 4.69) is 4.90 Å². The number of hydrogen-bond donors (Lipinski definition) is 0. The van der Waals surface area contributed by atoms with Crippen molar-refractivity contribution in [1.29, 1.82) is 0 Å². The Kier molecular flexibility index (Phi) is 7.91. The molecule has 0 N–H and O–H groups in total. The maximum Gasteiger partial charge on any atom is 0.273 e. The van der Waals surface area contributed by atoms with Crippen molar-refractivity contribution < 1.29 is 9.53 Å². The number of carbonyl (C=O) groups is 1. The van der Waals surface area contributed by atoms with Crippen LogP contribution in [-0.2, 0) is 6.54 Å². The second-order valence-corrected chi connectivity index (χ2v) is 9.99. The Hall–Kier alpha value is -4.20. The van der Waals surface area contributed by atoms with Gasteiger partial charge in [-0.1, -0.05) is 66.2 Å². The Balaban J connectivity index is 1.65. The first-order valence-electron chi connectivity index (χ1n) is 12.7. The molecule has 2 heterocycles. The van der Waals surface area contributed by atoms with Crippen LogP contribution in [0.3, 0.4) is 0 Å². The van der Waals surface area contributed by atoms with Crippen molar-refractivity contribution in [3.05, 3.63) is 107 Å². The quantitative estimate of drug-likeness (QED) is 0.232. The average molecular weight is 540 g/mol. The minimum absolute atomic E-state index is 0.130. The van der Waals surface area contributed by atoms with Gasteiger partial charge in [-0.05, 0) is 50.0 Å². The van der Waals surface area contributed by atoms with E-state index in [0.29, 0.717) is 46.6 Å². The SMILES string of the molecule is COc1ccccc1-c1cc(C(=O)N(CCN(C)C)Cc2ccccc2)n2nc(-c3ccc(Cl)cc3)cc2n1. The number of methoxy groups -OCH3 is 1. The molecule has 0 spiro atoms. The highest BCUT2D eigenvalue weighted by Gasteiger charge is 2.23. The van der Waals surface area contributed by atoms with Crippen molar-refractivity contribution in [2.24, 2.45) is 0 Å². The van der Waals surface area contributed by atoms with Gasteiger partial charge in [0.15, 0.2) is 5.65 Å². The number of carbonyl (C=O) groups excluding carboxylic acids is 1. The van der Waals surface area contributed by atoms with Gasteiger partial charge in [0.1, 0.15) is 11.4 Å². The lowest BCUT2D eigenvalue weighted by molar-refractivity contribution is 0.0723. The van der Waals surface area contributed by atoms with Crippen molar-refractivity contribution in [1.82, 2.24) is 24.4 Å². The number of para-hydroxylation sites is 1. The third kappa shape index (κ3) is 5.95. The molecule has 198 valence electrons. The summed E-state index contributed by atoms with van der Waals surface area (Å²) in [5.74, 6) is 0.550. The van der Waals surface area contributed by atoms with E-state index in [1.807, 2.05) is 104 Å².